The number of nitriles is 1. The van der Waals surface area contributed by atoms with Gasteiger partial charge in [-0.15, -0.1) is 0 Å². The minimum absolute atomic E-state index is 0.0313. The second-order valence-electron chi connectivity index (χ2n) is 3.00. The molecule has 0 bridgehead atoms. The number of unbranched alkanes of at least 4 members (excludes halogenated alkanes) is 2. The van der Waals surface area contributed by atoms with E-state index in [0.717, 1.165) is 25.7 Å². The molecular weight excluding hydrogens is 152 g/mol. The molecule has 0 heterocycles. The van der Waals surface area contributed by atoms with Crippen LogP contribution in [0.5, 0.6) is 0 Å². The van der Waals surface area contributed by atoms with Crippen molar-refractivity contribution in [1.29, 1.82) is 5.26 Å². The van der Waals surface area contributed by atoms with Gasteiger partial charge >= 0.3 is 0 Å². The maximum atomic E-state index is 11.0. The molecule has 0 aromatic carbocycles. The number of hydrogen-bond acceptors (Lipinski definition) is 2. The van der Waals surface area contributed by atoms with Gasteiger partial charge in [-0.25, -0.2) is 0 Å². The molecule has 0 aromatic rings. The summed E-state index contributed by atoms with van der Waals surface area (Å²) in [6.45, 7) is 3.97. The quantitative estimate of drug-likeness (QED) is 0.386. The predicted molar refractivity (Wildman–Crippen MR) is 47.1 cm³/mol. The van der Waals surface area contributed by atoms with Crippen LogP contribution in [-0.2, 0) is 4.79 Å². The normalized spacial score (nSPS) is 11.8. The highest BCUT2D eigenvalue weighted by Gasteiger charge is 2.10. The van der Waals surface area contributed by atoms with E-state index in [0.29, 0.717) is 0 Å². The molecule has 0 radical (unpaired) electrons. The van der Waals surface area contributed by atoms with Crippen molar-refractivity contribution in [3.8, 4) is 6.19 Å². The van der Waals surface area contributed by atoms with Crippen molar-refractivity contribution in [2.45, 2.75) is 39.5 Å². The lowest BCUT2D eigenvalue weighted by Crippen LogP contribution is -2.24. The predicted octanol–water partition coefficient (Wildman–Crippen LogP) is 1.80. The molecule has 0 rings (SSSR count). The fraction of sp³-hybridized carbons (Fsp3) is 0.778. The fourth-order valence-corrected chi connectivity index (χ4v) is 1.01. The molecule has 1 amide bonds. The van der Waals surface area contributed by atoms with Crippen LogP contribution in [0.4, 0.5) is 0 Å². The number of rotatable bonds is 5. The molecule has 0 spiro atoms. The maximum Gasteiger partial charge on any atom is 0.235 e. The number of carbonyl (C=O) groups is 1. The first-order valence-electron chi connectivity index (χ1n) is 4.41. The van der Waals surface area contributed by atoms with Crippen molar-refractivity contribution >= 4 is 5.91 Å². The third-order valence-corrected chi connectivity index (χ3v) is 1.87. The van der Waals surface area contributed by atoms with Gasteiger partial charge in [0.15, 0.2) is 6.19 Å². The summed E-state index contributed by atoms with van der Waals surface area (Å²) in [7, 11) is 0. The van der Waals surface area contributed by atoms with Crippen molar-refractivity contribution in [1.82, 2.24) is 5.32 Å². The third-order valence-electron chi connectivity index (χ3n) is 1.87. The van der Waals surface area contributed by atoms with E-state index in [1.54, 1.807) is 6.19 Å². The molecular formula is C9H16N2O. The van der Waals surface area contributed by atoms with Crippen molar-refractivity contribution < 1.29 is 4.79 Å². The molecule has 3 heteroatoms. The summed E-state index contributed by atoms with van der Waals surface area (Å²) in [6.07, 6.45) is 5.90. The molecule has 1 unspecified atom stereocenters. The molecule has 1 N–H and O–H groups in total. The third kappa shape index (κ3) is 4.73. The van der Waals surface area contributed by atoms with Crippen molar-refractivity contribution in [3.63, 3.8) is 0 Å². The van der Waals surface area contributed by atoms with Gasteiger partial charge in [0.1, 0.15) is 0 Å². The number of nitrogens with one attached hydrogen (secondary N) is 1. The molecule has 0 aliphatic carbocycles. The van der Waals surface area contributed by atoms with E-state index < -0.39 is 0 Å². The van der Waals surface area contributed by atoms with E-state index >= 15 is 0 Å². The highest BCUT2D eigenvalue weighted by atomic mass is 16.1. The van der Waals surface area contributed by atoms with Crippen molar-refractivity contribution in [3.05, 3.63) is 0 Å². The second kappa shape index (κ2) is 6.66. The number of hydrogen-bond donors (Lipinski definition) is 1. The van der Waals surface area contributed by atoms with Gasteiger partial charge in [-0.3, -0.25) is 10.1 Å². The van der Waals surface area contributed by atoms with Crippen LogP contribution in [0.15, 0.2) is 0 Å². The lowest BCUT2D eigenvalue weighted by Gasteiger charge is -2.06. The highest BCUT2D eigenvalue weighted by molar-refractivity contribution is 5.79. The first kappa shape index (κ1) is 11.0. The molecule has 0 aromatic heterocycles. The largest absolute Gasteiger partial charge is 0.274 e. The summed E-state index contributed by atoms with van der Waals surface area (Å²) in [6, 6.07) is 0. The van der Waals surface area contributed by atoms with E-state index in [9.17, 15) is 4.79 Å². The summed E-state index contributed by atoms with van der Waals surface area (Å²) >= 11 is 0. The van der Waals surface area contributed by atoms with E-state index in [2.05, 4.69) is 12.2 Å². The summed E-state index contributed by atoms with van der Waals surface area (Å²) in [5.41, 5.74) is 0. The second-order valence-corrected chi connectivity index (χ2v) is 3.00. The van der Waals surface area contributed by atoms with Gasteiger partial charge in [0, 0.05) is 5.92 Å². The highest BCUT2D eigenvalue weighted by Crippen LogP contribution is 2.08. The molecule has 0 saturated carbocycles. The van der Waals surface area contributed by atoms with Gasteiger partial charge in [-0.05, 0) is 6.42 Å². The van der Waals surface area contributed by atoms with Crippen LogP contribution in [0.3, 0.4) is 0 Å². The Morgan fingerprint density at radius 3 is 2.75 bits per heavy atom. The summed E-state index contributed by atoms with van der Waals surface area (Å²) in [5, 5.41) is 10.3. The van der Waals surface area contributed by atoms with Crippen LogP contribution in [-0.4, -0.2) is 5.91 Å². The van der Waals surface area contributed by atoms with Gasteiger partial charge in [-0.1, -0.05) is 33.1 Å². The fourth-order valence-electron chi connectivity index (χ4n) is 1.01. The molecule has 0 aliphatic heterocycles. The molecule has 1 atom stereocenters. The first-order valence-corrected chi connectivity index (χ1v) is 4.41. The van der Waals surface area contributed by atoms with Crippen molar-refractivity contribution in [2.75, 3.05) is 0 Å². The molecule has 0 aliphatic rings. The Bertz CT molecular complexity index is 172. The lowest BCUT2D eigenvalue weighted by molar-refractivity contribution is -0.123. The Balaban J connectivity index is 3.51. The summed E-state index contributed by atoms with van der Waals surface area (Å²) in [4.78, 5) is 11.0. The van der Waals surface area contributed by atoms with Crippen molar-refractivity contribution in [2.24, 2.45) is 5.92 Å². The van der Waals surface area contributed by atoms with Crippen LogP contribution >= 0.6 is 0 Å². The molecule has 0 fully saturated rings. The van der Waals surface area contributed by atoms with Gasteiger partial charge in [-0.2, -0.15) is 5.26 Å². The number of nitrogens with zero attached hydrogens (tertiary/aromatic N) is 1. The zero-order valence-corrected chi connectivity index (χ0v) is 7.76. The minimum atomic E-state index is -0.159. The minimum Gasteiger partial charge on any atom is -0.274 e. The Labute approximate surface area is 73.8 Å². The Morgan fingerprint density at radius 2 is 2.25 bits per heavy atom. The Hall–Kier alpha value is -1.04. The summed E-state index contributed by atoms with van der Waals surface area (Å²) < 4.78 is 0. The van der Waals surface area contributed by atoms with Crippen LogP contribution in [0, 0.1) is 17.4 Å². The Kier molecular flexibility index (Phi) is 6.08. The SMILES string of the molecule is CCCCCC(C)C(=O)NC#N. The Morgan fingerprint density at radius 1 is 1.58 bits per heavy atom. The summed E-state index contributed by atoms with van der Waals surface area (Å²) in [5.74, 6) is -0.190. The van der Waals surface area contributed by atoms with E-state index in [1.165, 1.54) is 0 Å². The zero-order valence-electron chi connectivity index (χ0n) is 7.76. The zero-order chi connectivity index (χ0) is 9.40. The van der Waals surface area contributed by atoms with Gasteiger partial charge in [0.25, 0.3) is 0 Å². The van der Waals surface area contributed by atoms with Crippen LogP contribution in [0.1, 0.15) is 39.5 Å². The monoisotopic (exact) mass is 168 g/mol. The molecule has 12 heavy (non-hydrogen) atoms. The average Bonchev–Trinajstić information content (AvgIpc) is 2.05. The smallest absolute Gasteiger partial charge is 0.235 e. The first-order chi connectivity index (χ1) is 5.72. The van der Waals surface area contributed by atoms with Crippen LogP contribution < -0.4 is 5.32 Å². The molecule has 3 nitrogen and oxygen atoms in total. The van der Waals surface area contributed by atoms with E-state index in [-0.39, 0.29) is 11.8 Å². The van der Waals surface area contributed by atoms with Gasteiger partial charge in [0.2, 0.25) is 5.91 Å². The van der Waals surface area contributed by atoms with Gasteiger partial charge < -0.3 is 0 Å². The topological polar surface area (TPSA) is 52.9 Å². The molecule has 0 saturated heterocycles. The number of carbonyl (C=O) groups excluding carboxylic acids is 1. The maximum absolute atomic E-state index is 11.0. The van der Waals surface area contributed by atoms with E-state index in [4.69, 9.17) is 5.26 Å². The van der Waals surface area contributed by atoms with E-state index in [1.807, 2.05) is 6.92 Å². The lowest BCUT2D eigenvalue weighted by atomic mass is 10.0. The standard InChI is InChI=1S/C9H16N2O/c1-3-4-5-6-8(2)9(12)11-7-10/h8H,3-6H2,1-2H3,(H,11,12). The number of amides is 1. The van der Waals surface area contributed by atoms with Crippen LogP contribution in [0.2, 0.25) is 0 Å². The van der Waals surface area contributed by atoms with Gasteiger partial charge in [0.05, 0.1) is 0 Å². The average molecular weight is 168 g/mol. The van der Waals surface area contributed by atoms with Crippen LogP contribution in [0.25, 0.3) is 0 Å². The molecule has 68 valence electrons.